The van der Waals surface area contributed by atoms with Gasteiger partial charge >= 0.3 is 0 Å². The van der Waals surface area contributed by atoms with Gasteiger partial charge in [-0.3, -0.25) is 14.9 Å². The first kappa shape index (κ1) is 24.8. The minimum absolute atomic E-state index is 0.0447. The molecule has 0 unspecified atom stereocenters. The molecule has 0 saturated heterocycles. The molecular weight excluding hydrogens is 414 g/mol. The highest BCUT2D eigenvalue weighted by molar-refractivity contribution is 7.97. The van der Waals surface area contributed by atoms with E-state index < -0.39 is 22.9 Å². The first-order valence-electron chi connectivity index (χ1n) is 10.4. The fraction of sp³-hybridized carbons (Fsp3) is 0.435. The number of benzene rings is 2. The van der Waals surface area contributed by atoms with Gasteiger partial charge in [-0.2, -0.15) is 0 Å². The van der Waals surface area contributed by atoms with E-state index >= 15 is 0 Å². The summed E-state index contributed by atoms with van der Waals surface area (Å²) in [6, 6.07) is 16.0. The zero-order valence-corrected chi connectivity index (χ0v) is 18.8. The Morgan fingerprint density at radius 1 is 1.16 bits per heavy atom. The van der Waals surface area contributed by atoms with Gasteiger partial charge in [0.1, 0.15) is 0 Å². The van der Waals surface area contributed by atoms with Gasteiger partial charge in [-0.05, 0) is 54.8 Å². The monoisotopic (exact) mass is 445 g/mol. The van der Waals surface area contributed by atoms with Crippen LogP contribution in [0.5, 0.6) is 0 Å². The maximum Gasteiger partial charge on any atom is 0.269 e. The molecule has 0 aliphatic rings. The summed E-state index contributed by atoms with van der Waals surface area (Å²) in [5, 5.41) is 21.6. The molecule has 0 fully saturated rings. The van der Waals surface area contributed by atoms with Crippen LogP contribution in [0.25, 0.3) is 0 Å². The molecule has 0 bridgehead atoms. The predicted molar refractivity (Wildman–Crippen MR) is 123 cm³/mol. The van der Waals surface area contributed by atoms with Crippen molar-refractivity contribution in [3.8, 4) is 0 Å². The normalized spacial score (nSPS) is 13.3. The number of hydrogen-bond donors (Lipinski definition) is 2. The molecule has 2 aromatic rings. The number of nitro groups is 1. The lowest BCUT2D eigenvalue weighted by Crippen LogP contribution is -2.34. The molecule has 0 spiro atoms. The predicted octanol–water partition coefficient (Wildman–Crippen LogP) is 4.05. The minimum Gasteiger partial charge on any atom is -0.392 e. The van der Waals surface area contributed by atoms with Crippen LogP contribution in [0.4, 0.5) is 5.69 Å². The Labute approximate surface area is 187 Å². The van der Waals surface area contributed by atoms with Crippen molar-refractivity contribution in [1.29, 1.82) is 0 Å². The van der Waals surface area contributed by atoms with Crippen molar-refractivity contribution in [1.82, 2.24) is 4.31 Å². The van der Waals surface area contributed by atoms with Crippen molar-refractivity contribution >= 4 is 23.5 Å². The van der Waals surface area contributed by atoms with E-state index in [1.165, 1.54) is 24.1 Å². The molecule has 3 N–H and O–H groups in total. The van der Waals surface area contributed by atoms with Crippen molar-refractivity contribution in [3.63, 3.8) is 0 Å². The van der Waals surface area contributed by atoms with Crippen molar-refractivity contribution in [2.75, 3.05) is 13.1 Å². The van der Waals surface area contributed by atoms with Gasteiger partial charge in [-0.25, -0.2) is 4.31 Å². The summed E-state index contributed by atoms with van der Waals surface area (Å²) in [4.78, 5) is 23.3. The van der Waals surface area contributed by atoms with Gasteiger partial charge < -0.3 is 10.8 Å². The number of amides is 1. The summed E-state index contributed by atoms with van der Waals surface area (Å²) in [7, 11) is 0. The van der Waals surface area contributed by atoms with Gasteiger partial charge in [0.2, 0.25) is 5.91 Å². The Morgan fingerprint density at radius 2 is 1.81 bits per heavy atom. The molecule has 168 valence electrons. The van der Waals surface area contributed by atoms with Crippen LogP contribution in [0, 0.1) is 22.0 Å². The lowest BCUT2D eigenvalue weighted by molar-refractivity contribution is -0.384. The van der Waals surface area contributed by atoms with Crippen LogP contribution >= 0.6 is 11.9 Å². The average Bonchev–Trinajstić information content (AvgIpc) is 2.72. The summed E-state index contributed by atoms with van der Waals surface area (Å²) in [6.45, 7) is 5.38. The van der Waals surface area contributed by atoms with Crippen LogP contribution in [0.15, 0.2) is 59.5 Å². The summed E-state index contributed by atoms with van der Waals surface area (Å²) < 4.78 is 2.05. The van der Waals surface area contributed by atoms with E-state index in [-0.39, 0.29) is 12.1 Å². The topological polar surface area (TPSA) is 110 Å². The Balaban J connectivity index is 2.02. The molecular formula is C23H31N3O4S. The van der Waals surface area contributed by atoms with Crippen molar-refractivity contribution in [2.24, 2.45) is 17.6 Å². The molecule has 8 heteroatoms. The molecule has 2 rings (SSSR count). The average molecular weight is 446 g/mol. The SMILES string of the molecule is CC(C)CCN(C[C@@H](O)C[C@@H](Cc1ccccc1)C(N)=O)Sc1ccc([N+](=O)[O-])cc1. The van der Waals surface area contributed by atoms with Crippen molar-refractivity contribution in [3.05, 3.63) is 70.3 Å². The van der Waals surface area contributed by atoms with E-state index in [0.717, 1.165) is 23.4 Å². The number of carbonyl (C=O) groups excluding carboxylic acids is 1. The van der Waals surface area contributed by atoms with Gasteiger partial charge in [0.05, 0.1) is 11.0 Å². The number of nitro benzene ring substituents is 1. The fourth-order valence-electron chi connectivity index (χ4n) is 3.19. The van der Waals surface area contributed by atoms with Crippen LogP contribution in [0.3, 0.4) is 0 Å². The number of aliphatic hydroxyl groups excluding tert-OH is 1. The Kier molecular flexibility index (Phi) is 9.97. The van der Waals surface area contributed by atoms with Gasteiger partial charge in [0.15, 0.2) is 0 Å². The second-order valence-corrected chi connectivity index (χ2v) is 9.26. The van der Waals surface area contributed by atoms with E-state index in [0.29, 0.717) is 18.9 Å². The van der Waals surface area contributed by atoms with Crippen molar-refractivity contribution < 1.29 is 14.8 Å². The first-order valence-corrected chi connectivity index (χ1v) is 11.2. The zero-order valence-electron chi connectivity index (χ0n) is 18.0. The molecule has 0 radical (unpaired) electrons. The maximum absolute atomic E-state index is 12.0. The van der Waals surface area contributed by atoms with E-state index in [1.54, 1.807) is 12.1 Å². The Hall–Kier alpha value is -2.42. The van der Waals surface area contributed by atoms with E-state index in [9.17, 15) is 20.0 Å². The lowest BCUT2D eigenvalue weighted by Gasteiger charge is -2.26. The molecule has 2 atom stereocenters. The van der Waals surface area contributed by atoms with Crippen molar-refractivity contribution in [2.45, 2.75) is 44.1 Å². The van der Waals surface area contributed by atoms with Gasteiger partial charge in [0.25, 0.3) is 5.69 Å². The zero-order chi connectivity index (χ0) is 22.8. The molecule has 0 aliphatic carbocycles. The number of hydrogen-bond acceptors (Lipinski definition) is 6. The lowest BCUT2D eigenvalue weighted by atomic mass is 9.93. The standard InChI is InChI=1S/C23H31N3O4S/c1-17(2)12-13-25(31-22-10-8-20(9-11-22)26(29)30)16-21(27)15-19(23(24)28)14-18-6-4-3-5-7-18/h3-11,17,19,21,27H,12-16H2,1-2H3,(H2,24,28)/t19-,21+/m1/s1. The minimum atomic E-state index is -0.723. The number of carbonyl (C=O) groups is 1. The number of aliphatic hydroxyl groups is 1. The third-order valence-electron chi connectivity index (χ3n) is 4.94. The molecule has 2 aromatic carbocycles. The van der Waals surface area contributed by atoms with Gasteiger partial charge in [-0.15, -0.1) is 0 Å². The Morgan fingerprint density at radius 3 is 2.35 bits per heavy atom. The molecule has 31 heavy (non-hydrogen) atoms. The van der Waals surface area contributed by atoms with Crippen LogP contribution in [-0.2, 0) is 11.2 Å². The second kappa shape index (κ2) is 12.4. The smallest absolute Gasteiger partial charge is 0.269 e. The highest BCUT2D eigenvalue weighted by atomic mass is 32.2. The molecule has 7 nitrogen and oxygen atoms in total. The summed E-state index contributed by atoms with van der Waals surface area (Å²) in [6.07, 6.45) is 0.993. The van der Waals surface area contributed by atoms with Crippen LogP contribution in [-0.4, -0.2) is 39.4 Å². The first-order chi connectivity index (χ1) is 14.7. The third kappa shape index (κ3) is 9.08. The number of non-ortho nitro benzene ring substituents is 1. The molecule has 0 saturated carbocycles. The third-order valence-corrected chi connectivity index (χ3v) is 6.01. The molecule has 0 aliphatic heterocycles. The molecule has 0 heterocycles. The second-order valence-electron chi connectivity index (χ2n) is 8.09. The van der Waals surface area contributed by atoms with Crippen LogP contribution < -0.4 is 5.73 Å². The largest absolute Gasteiger partial charge is 0.392 e. The Bertz CT molecular complexity index is 830. The number of primary amides is 1. The summed E-state index contributed by atoms with van der Waals surface area (Å²) in [5.41, 5.74) is 6.65. The number of nitrogens with two attached hydrogens (primary N) is 1. The van der Waals surface area contributed by atoms with E-state index in [1.807, 2.05) is 34.6 Å². The number of nitrogens with zero attached hydrogens (tertiary/aromatic N) is 2. The van der Waals surface area contributed by atoms with E-state index in [4.69, 9.17) is 5.73 Å². The van der Waals surface area contributed by atoms with Crippen LogP contribution in [0.1, 0.15) is 32.3 Å². The summed E-state index contributed by atoms with van der Waals surface area (Å²) >= 11 is 1.45. The molecule has 1 amide bonds. The van der Waals surface area contributed by atoms with Gasteiger partial charge in [-0.1, -0.05) is 44.2 Å². The summed E-state index contributed by atoms with van der Waals surface area (Å²) in [5.74, 6) is -0.373. The quantitative estimate of drug-likeness (QED) is 0.273. The highest BCUT2D eigenvalue weighted by Crippen LogP contribution is 2.27. The maximum atomic E-state index is 12.0. The molecule has 0 aromatic heterocycles. The highest BCUT2D eigenvalue weighted by Gasteiger charge is 2.23. The van der Waals surface area contributed by atoms with Crippen LogP contribution in [0.2, 0.25) is 0 Å². The van der Waals surface area contributed by atoms with Gasteiger partial charge in [0, 0.05) is 36.0 Å². The fourth-order valence-corrected chi connectivity index (χ4v) is 4.19. The van der Waals surface area contributed by atoms with E-state index in [2.05, 4.69) is 13.8 Å². The number of rotatable bonds is 13.